The van der Waals surface area contributed by atoms with Crippen molar-refractivity contribution in [2.75, 3.05) is 26.0 Å². The summed E-state index contributed by atoms with van der Waals surface area (Å²) < 4.78 is 26.9. The number of rotatable bonds is 5. The molecule has 0 aliphatic carbocycles. The Hall–Kier alpha value is -1.35. The van der Waals surface area contributed by atoms with E-state index < -0.39 is 38.5 Å². The summed E-state index contributed by atoms with van der Waals surface area (Å²) in [6.45, 7) is 3.11. The zero-order valence-corrected chi connectivity index (χ0v) is 12.5. The number of aliphatic carboxylic acids is 1. The summed E-state index contributed by atoms with van der Waals surface area (Å²) in [5, 5.41) is 13.9. The molecule has 2 unspecified atom stereocenters. The highest BCUT2D eigenvalue weighted by atomic mass is 32.2. The SMILES string of the molecule is CC(C)(CNC(=O)NC1COCC1C(=O)O)S(C)(=O)=O. The van der Waals surface area contributed by atoms with Crippen LogP contribution in [-0.2, 0) is 19.4 Å². The summed E-state index contributed by atoms with van der Waals surface area (Å²) in [5.41, 5.74) is 0. The lowest BCUT2D eigenvalue weighted by Gasteiger charge is -2.24. The molecule has 3 N–H and O–H groups in total. The van der Waals surface area contributed by atoms with Crippen LogP contribution in [0.1, 0.15) is 13.8 Å². The molecular formula is C11H20N2O6S. The Labute approximate surface area is 117 Å². The highest BCUT2D eigenvalue weighted by molar-refractivity contribution is 7.92. The van der Waals surface area contributed by atoms with Crippen LogP contribution in [0.2, 0.25) is 0 Å². The third-order valence-corrected chi connectivity index (χ3v) is 5.54. The number of carbonyl (C=O) groups is 2. The minimum atomic E-state index is -3.31. The number of nitrogens with one attached hydrogen (secondary N) is 2. The highest BCUT2D eigenvalue weighted by Crippen LogP contribution is 2.15. The third kappa shape index (κ3) is 4.07. The van der Waals surface area contributed by atoms with E-state index in [-0.39, 0.29) is 19.8 Å². The first kappa shape index (κ1) is 16.7. The van der Waals surface area contributed by atoms with E-state index in [0.717, 1.165) is 6.26 Å². The minimum absolute atomic E-state index is 0.0507. The van der Waals surface area contributed by atoms with E-state index in [1.54, 1.807) is 0 Å². The number of carboxylic acids is 1. The predicted molar refractivity (Wildman–Crippen MR) is 71.2 cm³/mol. The second-order valence-electron chi connectivity index (χ2n) is 5.45. The van der Waals surface area contributed by atoms with Crippen LogP contribution < -0.4 is 10.6 Å². The van der Waals surface area contributed by atoms with Gasteiger partial charge in [0.25, 0.3) is 0 Å². The van der Waals surface area contributed by atoms with Gasteiger partial charge in [-0.25, -0.2) is 13.2 Å². The van der Waals surface area contributed by atoms with Gasteiger partial charge in [0.1, 0.15) is 5.92 Å². The molecule has 1 aliphatic rings. The van der Waals surface area contributed by atoms with Crippen LogP contribution in [0.3, 0.4) is 0 Å². The predicted octanol–water partition coefficient (Wildman–Crippen LogP) is -0.792. The van der Waals surface area contributed by atoms with Gasteiger partial charge in [-0.1, -0.05) is 0 Å². The van der Waals surface area contributed by atoms with Crippen molar-refractivity contribution in [3.63, 3.8) is 0 Å². The van der Waals surface area contributed by atoms with Gasteiger partial charge < -0.3 is 20.5 Å². The van der Waals surface area contributed by atoms with Crippen LogP contribution in [0.5, 0.6) is 0 Å². The number of carbonyl (C=O) groups excluding carboxylic acids is 1. The van der Waals surface area contributed by atoms with Crippen molar-refractivity contribution in [3.05, 3.63) is 0 Å². The Kier molecular flexibility index (Phi) is 4.98. The molecule has 8 nitrogen and oxygen atoms in total. The van der Waals surface area contributed by atoms with E-state index in [9.17, 15) is 18.0 Å². The quantitative estimate of drug-likeness (QED) is 0.612. The lowest BCUT2D eigenvalue weighted by Crippen LogP contribution is -2.51. The molecule has 9 heteroatoms. The van der Waals surface area contributed by atoms with Crippen molar-refractivity contribution >= 4 is 21.8 Å². The number of hydrogen-bond donors (Lipinski definition) is 3. The Bertz CT molecular complexity index is 487. The first-order chi connectivity index (χ1) is 9.04. The van der Waals surface area contributed by atoms with Crippen LogP contribution in [0.25, 0.3) is 0 Å². The standard InChI is InChI=1S/C11H20N2O6S/c1-11(2,20(3,17)18)6-12-10(16)13-8-5-19-4-7(8)9(14)15/h7-8H,4-6H2,1-3H3,(H,14,15)(H2,12,13,16). The van der Waals surface area contributed by atoms with Crippen LogP contribution in [0.4, 0.5) is 4.79 Å². The zero-order valence-electron chi connectivity index (χ0n) is 11.7. The Morgan fingerprint density at radius 3 is 2.45 bits per heavy atom. The van der Waals surface area contributed by atoms with Gasteiger partial charge in [-0.2, -0.15) is 0 Å². The molecule has 116 valence electrons. The van der Waals surface area contributed by atoms with Crippen molar-refractivity contribution in [2.45, 2.75) is 24.6 Å². The van der Waals surface area contributed by atoms with E-state index in [0.29, 0.717) is 0 Å². The van der Waals surface area contributed by atoms with Gasteiger partial charge in [0.05, 0.1) is 24.0 Å². The third-order valence-electron chi connectivity index (χ3n) is 3.39. The second-order valence-corrected chi connectivity index (χ2v) is 8.10. The zero-order chi connectivity index (χ0) is 15.6. The summed E-state index contributed by atoms with van der Waals surface area (Å²) in [6, 6.07) is -1.22. The van der Waals surface area contributed by atoms with Crippen LogP contribution >= 0.6 is 0 Å². The fourth-order valence-electron chi connectivity index (χ4n) is 1.58. The fourth-order valence-corrected chi connectivity index (χ4v) is 1.92. The summed E-state index contributed by atoms with van der Waals surface area (Å²) >= 11 is 0. The van der Waals surface area contributed by atoms with E-state index in [4.69, 9.17) is 9.84 Å². The molecule has 0 spiro atoms. The number of carboxylic acid groups (broad SMARTS) is 1. The first-order valence-corrected chi connectivity index (χ1v) is 7.98. The fraction of sp³-hybridized carbons (Fsp3) is 0.818. The molecule has 1 heterocycles. The van der Waals surface area contributed by atoms with Gasteiger partial charge in [-0.15, -0.1) is 0 Å². The molecule has 1 saturated heterocycles. The van der Waals surface area contributed by atoms with Gasteiger partial charge in [0.2, 0.25) is 0 Å². The number of amides is 2. The molecule has 0 aromatic heterocycles. The summed E-state index contributed by atoms with van der Waals surface area (Å²) in [5.74, 6) is -1.83. The van der Waals surface area contributed by atoms with Gasteiger partial charge in [0.15, 0.2) is 9.84 Å². The van der Waals surface area contributed by atoms with Gasteiger partial charge >= 0.3 is 12.0 Å². The minimum Gasteiger partial charge on any atom is -0.481 e. The van der Waals surface area contributed by atoms with Gasteiger partial charge in [-0.05, 0) is 13.8 Å². The molecule has 1 rings (SSSR count). The Morgan fingerprint density at radius 2 is 1.95 bits per heavy atom. The molecule has 0 aromatic carbocycles. The molecule has 2 atom stereocenters. The van der Waals surface area contributed by atoms with Crippen molar-refractivity contribution in [1.82, 2.24) is 10.6 Å². The maximum Gasteiger partial charge on any atom is 0.315 e. The number of hydrogen-bond acceptors (Lipinski definition) is 5. The topological polar surface area (TPSA) is 122 Å². The molecule has 0 aromatic rings. The molecular weight excluding hydrogens is 288 g/mol. The highest BCUT2D eigenvalue weighted by Gasteiger charge is 2.36. The molecule has 0 radical (unpaired) electrons. The van der Waals surface area contributed by atoms with Crippen LogP contribution in [0, 0.1) is 5.92 Å². The van der Waals surface area contributed by atoms with Crippen molar-refractivity contribution in [3.8, 4) is 0 Å². The lowest BCUT2D eigenvalue weighted by atomic mass is 10.0. The lowest BCUT2D eigenvalue weighted by molar-refractivity contribution is -0.142. The summed E-state index contributed by atoms with van der Waals surface area (Å²) in [6.07, 6.45) is 1.10. The number of urea groups is 1. The summed E-state index contributed by atoms with van der Waals surface area (Å²) in [4.78, 5) is 22.6. The van der Waals surface area contributed by atoms with Crippen LogP contribution in [0.15, 0.2) is 0 Å². The Balaban J connectivity index is 2.51. The van der Waals surface area contributed by atoms with E-state index >= 15 is 0 Å². The normalized spacial score (nSPS) is 23.4. The van der Waals surface area contributed by atoms with Crippen molar-refractivity contribution < 1.29 is 27.9 Å². The molecule has 2 amide bonds. The molecule has 1 fully saturated rings. The summed E-state index contributed by atoms with van der Waals surface area (Å²) in [7, 11) is -3.31. The number of ether oxygens (including phenoxy) is 1. The number of sulfone groups is 1. The van der Waals surface area contributed by atoms with Gasteiger partial charge in [-0.3, -0.25) is 4.79 Å². The average molecular weight is 308 g/mol. The van der Waals surface area contributed by atoms with Crippen molar-refractivity contribution in [2.24, 2.45) is 5.92 Å². The smallest absolute Gasteiger partial charge is 0.315 e. The second kappa shape index (κ2) is 5.96. The maximum atomic E-state index is 11.7. The monoisotopic (exact) mass is 308 g/mol. The van der Waals surface area contributed by atoms with Gasteiger partial charge in [0, 0.05) is 12.8 Å². The Morgan fingerprint density at radius 1 is 1.35 bits per heavy atom. The molecule has 1 aliphatic heterocycles. The molecule has 20 heavy (non-hydrogen) atoms. The maximum absolute atomic E-state index is 11.7. The van der Waals surface area contributed by atoms with E-state index in [2.05, 4.69) is 10.6 Å². The first-order valence-electron chi connectivity index (χ1n) is 6.09. The molecule has 0 saturated carbocycles. The largest absolute Gasteiger partial charge is 0.481 e. The van der Waals surface area contributed by atoms with Crippen molar-refractivity contribution in [1.29, 1.82) is 0 Å². The average Bonchev–Trinajstić information content (AvgIpc) is 2.73. The van der Waals surface area contributed by atoms with E-state index in [1.807, 2.05) is 0 Å². The molecule has 0 bridgehead atoms. The van der Waals surface area contributed by atoms with E-state index in [1.165, 1.54) is 13.8 Å². The van der Waals surface area contributed by atoms with Crippen LogP contribution in [-0.4, -0.2) is 62.3 Å².